The van der Waals surface area contributed by atoms with Crippen LogP contribution in [0.4, 0.5) is 4.39 Å². The molecule has 2 unspecified atom stereocenters. The molecular formula is C8H13FN2O. The molecule has 2 N–H and O–H groups in total. The van der Waals surface area contributed by atoms with Crippen LogP contribution in [0.5, 0.6) is 0 Å². The first-order valence-corrected chi connectivity index (χ1v) is 3.96. The molecule has 12 heavy (non-hydrogen) atoms. The van der Waals surface area contributed by atoms with Crippen LogP contribution in [0, 0.1) is 0 Å². The number of likely N-dealkylation sites (tertiary alicyclic amines) is 1. The third kappa shape index (κ3) is 1.82. The molecule has 1 aliphatic rings. The van der Waals surface area contributed by atoms with Crippen molar-refractivity contribution in [2.75, 3.05) is 13.1 Å². The highest BCUT2D eigenvalue weighted by Gasteiger charge is 2.27. The second kappa shape index (κ2) is 3.67. The summed E-state index contributed by atoms with van der Waals surface area (Å²) in [6, 6.07) is -0.418. The van der Waals surface area contributed by atoms with E-state index >= 15 is 0 Å². The maximum Gasteiger partial charge on any atom is 0.246 e. The number of carbonyl (C=O) groups is 1. The lowest BCUT2D eigenvalue weighted by Gasteiger charge is -2.32. The number of rotatable bonds is 1. The molecule has 1 fully saturated rings. The van der Waals surface area contributed by atoms with Crippen LogP contribution in [0.25, 0.3) is 0 Å². The summed E-state index contributed by atoms with van der Waals surface area (Å²) >= 11 is 0. The van der Waals surface area contributed by atoms with Gasteiger partial charge in [0.1, 0.15) is 6.17 Å². The van der Waals surface area contributed by atoms with Crippen LogP contribution in [-0.2, 0) is 4.79 Å². The molecular weight excluding hydrogens is 159 g/mol. The predicted molar refractivity (Wildman–Crippen MR) is 44.3 cm³/mol. The SMILES string of the molecule is C=CC(=O)N1CCC(N)C(F)C1. The van der Waals surface area contributed by atoms with E-state index in [2.05, 4.69) is 6.58 Å². The van der Waals surface area contributed by atoms with Crippen LogP contribution in [0.2, 0.25) is 0 Å². The molecule has 0 aromatic carbocycles. The Labute approximate surface area is 71.0 Å². The van der Waals surface area contributed by atoms with Crippen LogP contribution in [0.15, 0.2) is 12.7 Å². The van der Waals surface area contributed by atoms with E-state index in [0.29, 0.717) is 13.0 Å². The van der Waals surface area contributed by atoms with E-state index in [0.717, 1.165) is 0 Å². The first kappa shape index (κ1) is 9.19. The quantitative estimate of drug-likeness (QED) is 0.569. The largest absolute Gasteiger partial charge is 0.336 e. The number of halogens is 1. The minimum atomic E-state index is -1.09. The smallest absolute Gasteiger partial charge is 0.246 e. The van der Waals surface area contributed by atoms with Crippen LogP contribution in [0.3, 0.4) is 0 Å². The lowest BCUT2D eigenvalue weighted by Crippen LogP contribution is -2.50. The van der Waals surface area contributed by atoms with Gasteiger partial charge in [0.05, 0.1) is 6.54 Å². The molecule has 0 bridgehead atoms. The van der Waals surface area contributed by atoms with Crippen molar-refractivity contribution >= 4 is 5.91 Å². The van der Waals surface area contributed by atoms with Crippen molar-refractivity contribution in [3.8, 4) is 0 Å². The van der Waals surface area contributed by atoms with Gasteiger partial charge in [0.25, 0.3) is 0 Å². The summed E-state index contributed by atoms with van der Waals surface area (Å²) < 4.78 is 13.0. The standard InChI is InChI=1S/C8H13FN2O/c1-2-8(12)11-4-3-7(10)6(9)5-11/h2,6-7H,1,3-5,10H2. The Morgan fingerprint density at radius 2 is 2.42 bits per heavy atom. The van der Waals surface area contributed by atoms with Crippen LogP contribution >= 0.6 is 0 Å². The van der Waals surface area contributed by atoms with Crippen molar-refractivity contribution in [1.82, 2.24) is 4.90 Å². The zero-order valence-corrected chi connectivity index (χ0v) is 6.87. The van der Waals surface area contributed by atoms with E-state index < -0.39 is 12.2 Å². The van der Waals surface area contributed by atoms with Crippen LogP contribution in [0.1, 0.15) is 6.42 Å². The van der Waals surface area contributed by atoms with Gasteiger partial charge in [-0.15, -0.1) is 0 Å². The summed E-state index contributed by atoms with van der Waals surface area (Å²) in [7, 11) is 0. The van der Waals surface area contributed by atoms with E-state index in [4.69, 9.17) is 5.73 Å². The number of nitrogens with two attached hydrogens (primary N) is 1. The Morgan fingerprint density at radius 1 is 1.75 bits per heavy atom. The fourth-order valence-corrected chi connectivity index (χ4v) is 1.25. The van der Waals surface area contributed by atoms with Gasteiger partial charge in [0, 0.05) is 12.6 Å². The fraction of sp³-hybridized carbons (Fsp3) is 0.625. The van der Waals surface area contributed by atoms with Crippen LogP contribution < -0.4 is 5.73 Å². The summed E-state index contributed by atoms with van der Waals surface area (Å²) in [6.07, 6.45) is 0.632. The molecule has 1 saturated heterocycles. The second-order valence-corrected chi connectivity index (χ2v) is 2.96. The average molecular weight is 172 g/mol. The molecule has 0 aromatic rings. The second-order valence-electron chi connectivity index (χ2n) is 2.96. The molecule has 1 amide bonds. The molecule has 0 saturated carbocycles. The number of carbonyl (C=O) groups excluding carboxylic acids is 1. The molecule has 0 radical (unpaired) electrons. The highest BCUT2D eigenvalue weighted by atomic mass is 19.1. The van der Waals surface area contributed by atoms with Gasteiger partial charge in [-0.1, -0.05) is 6.58 Å². The van der Waals surface area contributed by atoms with Crippen molar-refractivity contribution < 1.29 is 9.18 Å². The third-order valence-electron chi connectivity index (χ3n) is 2.08. The summed E-state index contributed by atoms with van der Waals surface area (Å²) in [5, 5.41) is 0. The Bertz CT molecular complexity index is 195. The Balaban J connectivity index is 2.50. The molecule has 68 valence electrons. The first-order chi connectivity index (χ1) is 5.65. The summed E-state index contributed by atoms with van der Waals surface area (Å²) in [6.45, 7) is 3.97. The summed E-state index contributed by atoms with van der Waals surface area (Å²) in [5.74, 6) is -0.218. The fourth-order valence-electron chi connectivity index (χ4n) is 1.25. The highest BCUT2D eigenvalue weighted by molar-refractivity contribution is 5.87. The Morgan fingerprint density at radius 3 is 2.92 bits per heavy atom. The number of hydrogen-bond donors (Lipinski definition) is 1. The molecule has 3 nitrogen and oxygen atoms in total. The summed E-state index contributed by atoms with van der Waals surface area (Å²) in [5.41, 5.74) is 5.44. The first-order valence-electron chi connectivity index (χ1n) is 3.96. The summed E-state index contributed by atoms with van der Waals surface area (Å²) in [4.78, 5) is 12.5. The van der Waals surface area contributed by atoms with Crippen molar-refractivity contribution in [3.63, 3.8) is 0 Å². The van der Waals surface area contributed by atoms with E-state index in [1.807, 2.05) is 0 Å². The monoisotopic (exact) mass is 172 g/mol. The van der Waals surface area contributed by atoms with Crippen LogP contribution in [-0.4, -0.2) is 36.1 Å². The molecule has 2 atom stereocenters. The van der Waals surface area contributed by atoms with Gasteiger partial charge in [-0.2, -0.15) is 0 Å². The number of amides is 1. The number of alkyl halides is 1. The molecule has 0 aliphatic carbocycles. The van der Waals surface area contributed by atoms with Crippen molar-refractivity contribution in [2.24, 2.45) is 5.73 Å². The van der Waals surface area contributed by atoms with Gasteiger partial charge in [-0.3, -0.25) is 4.79 Å². The third-order valence-corrected chi connectivity index (χ3v) is 2.08. The number of nitrogens with zero attached hydrogens (tertiary/aromatic N) is 1. The normalized spacial score (nSPS) is 30.0. The van der Waals surface area contributed by atoms with Crippen molar-refractivity contribution in [2.45, 2.75) is 18.6 Å². The predicted octanol–water partition coefficient (Wildman–Crippen LogP) is 0.0701. The van der Waals surface area contributed by atoms with E-state index in [1.54, 1.807) is 0 Å². The van der Waals surface area contributed by atoms with E-state index in [1.165, 1.54) is 11.0 Å². The minimum Gasteiger partial charge on any atom is -0.336 e. The van der Waals surface area contributed by atoms with Crippen molar-refractivity contribution in [3.05, 3.63) is 12.7 Å². The lowest BCUT2D eigenvalue weighted by atomic mass is 10.0. The van der Waals surface area contributed by atoms with Gasteiger partial charge in [0.2, 0.25) is 5.91 Å². The van der Waals surface area contributed by atoms with Gasteiger partial charge >= 0.3 is 0 Å². The van der Waals surface area contributed by atoms with Gasteiger partial charge in [-0.05, 0) is 12.5 Å². The topological polar surface area (TPSA) is 46.3 Å². The molecule has 0 aromatic heterocycles. The average Bonchev–Trinajstić information content (AvgIpc) is 2.08. The lowest BCUT2D eigenvalue weighted by molar-refractivity contribution is -0.128. The maximum absolute atomic E-state index is 13.0. The van der Waals surface area contributed by atoms with E-state index in [-0.39, 0.29) is 12.5 Å². The van der Waals surface area contributed by atoms with Gasteiger partial charge < -0.3 is 10.6 Å². The minimum absolute atomic E-state index is 0.103. The molecule has 1 rings (SSSR count). The maximum atomic E-state index is 13.0. The van der Waals surface area contributed by atoms with Gasteiger partial charge in [-0.25, -0.2) is 4.39 Å². The zero-order chi connectivity index (χ0) is 9.14. The molecule has 0 spiro atoms. The van der Waals surface area contributed by atoms with Gasteiger partial charge in [0.15, 0.2) is 0 Å². The number of hydrogen-bond acceptors (Lipinski definition) is 2. The highest BCUT2D eigenvalue weighted by Crippen LogP contribution is 2.12. The molecule has 4 heteroatoms. The van der Waals surface area contributed by atoms with E-state index in [9.17, 15) is 9.18 Å². The Hall–Kier alpha value is -0.900. The molecule has 1 heterocycles. The zero-order valence-electron chi connectivity index (χ0n) is 6.87. The Kier molecular flexibility index (Phi) is 2.81. The number of piperidine rings is 1. The molecule has 1 aliphatic heterocycles. The van der Waals surface area contributed by atoms with Crippen molar-refractivity contribution in [1.29, 1.82) is 0 Å².